The van der Waals surface area contributed by atoms with Gasteiger partial charge in [0.05, 0.1) is 7.11 Å². The van der Waals surface area contributed by atoms with Crippen molar-refractivity contribution >= 4 is 16.9 Å². The highest BCUT2D eigenvalue weighted by atomic mass is 32.2. The molecule has 1 rings (SSSR count). The van der Waals surface area contributed by atoms with Gasteiger partial charge in [0.25, 0.3) is 0 Å². The molecule has 0 atom stereocenters. The van der Waals surface area contributed by atoms with Crippen LogP contribution in [0.1, 0.15) is 5.56 Å². The minimum absolute atomic E-state index is 0.0123. The summed E-state index contributed by atoms with van der Waals surface area (Å²) >= 11 is 1.23. The van der Waals surface area contributed by atoms with Gasteiger partial charge in [0.15, 0.2) is 16.7 Å². The summed E-state index contributed by atoms with van der Waals surface area (Å²) in [4.78, 5) is 0. The predicted octanol–water partition coefficient (Wildman–Crippen LogP) is 1.72. The fourth-order valence-corrected chi connectivity index (χ4v) is 1.76. The van der Waals surface area contributed by atoms with E-state index in [9.17, 15) is 8.78 Å². The van der Waals surface area contributed by atoms with Crippen LogP contribution in [0, 0.1) is 0 Å². The lowest BCUT2D eigenvalue weighted by atomic mass is 10.2. The van der Waals surface area contributed by atoms with E-state index in [0.717, 1.165) is 5.56 Å². The van der Waals surface area contributed by atoms with Crippen molar-refractivity contribution in [2.24, 2.45) is 16.7 Å². The number of rotatable bonds is 5. The Hall–Kier alpha value is -1.70. The van der Waals surface area contributed by atoms with Crippen LogP contribution in [-0.2, 0) is 5.75 Å². The van der Waals surface area contributed by atoms with Gasteiger partial charge in [-0.1, -0.05) is 17.8 Å². The molecule has 8 heteroatoms. The molecule has 100 valence electrons. The van der Waals surface area contributed by atoms with Crippen molar-refractivity contribution in [1.82, 2.24) is 0 Å². The molecule has 0 saturated carbocycles. The zero-order valence-corrected chi connectivity index (χ0v) is 10.4. The smallest absolute Gasteiger partial charge is 0.387 e. The van der Waals surface area contributed by atoms with E-state index in [1.165, 1.54) is 24.9 Å². The third-order valence-corrected chi connectivity index (χ3v) is 2.84. The van der Waals surface area contributed by atoms with Crippen LogP contribution in [0.25, 0.3) is 0 Å². The minimum atomic E-state index is -2.89. The maximum absolute atomic E-state index is 12.1. The second-order valence-corrected chi connectivity index (χ2v) is 4.12. The first kappa shape index (κ1) is 14.4. The Labute approximate surface area is 107 Å². The van der Waals surface area contributed by atoms with Gasteiger partial charge < -0.3 is 21.1 Å². The Morgan fingerprint density at radius 2 is 2.17 bits per heavy atom. The van der Waals surface area contributed by atoms with Crippen molar-refractivity contribution in [3.8, 4) is 11.5 Å². The van der Waals surface area contributed by atoms with Crippen LogP contribution in [0.4, 0.5) is 8.78 Å². The standard InChI is InChI=1S/C10H13F2N3O2S/c1-16-8-4-6(5-18-10(13)15-14)2-3-7(8)17-9(11)12/h2-4,9H,5,14H2,1H3,(H2,13,15). The fourth-order valence-electron chi connectivity index (χ4n) is 1.19. The normalized spacial score (nSPS) is 11.7. The number of nitrogens with two attached hydrogens (primary N) is 2. The highest BCUT2D eigenvalue weighted by Crippen LogP contribution is 2.30. The molecule has 0 saturated heterocycles. The van der Waals surface area contributed by atoms with Crippen LogP contribution in [0.5, 0.6) is 11.5 Å². The van der Waals surface area contributed by atoms with E-state index in [2.05, 4.69) is 9.84 Å². The van der Waals surface area contributed by atoms with E-state index in [-0.39, 0.29) is 16.7 Å². The molecule has 0 heterocycles. The molecule has 4 N–H and O–H groups in total. The Kier molecular flexibility index (Phi) is 5.50. The van der Waals surface area contributed by atoms with Gasteiger partial charge in [-0.3, -0.25) is 0 Å². The van der Waals surface area contributed by atoms with Crippen LogP contribution >= 0.6 is 11.8 Å². The number of hydrazone groups is 1. The van der Waals surface area contributed by atoms with E-state index < -0.39 is 6.61 Å². The van der Waals surface area contributed by atoms with Crippen LogP contribution in [-0.4, -0.2) is 18.9 Å². The van der Waals surface area contributed by atoms with Gasteiger partial charge >= 0.3 is 6.61 Å². The van der Waals surface area contributed by atoms with E-state index in [1.54, 1.807) is 12.1 Å². The molecule has 0 aliphatic rings. The summed E-state index contributed by atoms with van der Waals surface area (Å²) in [6.45, 7) is -2.89. The number of ether oxygens (including phenoxy) is 2. The number of hydrogen-bond acceptors (Lipinski definition) is 5. The summed E-state index contributed by atoms with van der Waals surface area (Å²) < 4.78 is 33.5. The van der Waals surface area contributed by atoms with Crippen molar-refractivity contribution in [1.29, 1.82) is 0 Å². The molecule has 1 aromatic carbocycles. The summed E-state index contributed by atoms with van der Waals surface area (Å²) in [5, 5.41) is 3.54. The number of thioether (sulfide) groups is 1. The van der Waals surface area contributed by atoms with E-state index in [0.29, 0.717) is 5.75 Å². The van der Waals surface area contributed by atoms with Gasteiger partial charge in [-0.15, -0.1) is 0 Å². The largest absolute Gasteiger partial charge is 0.493 e. The molecule has 0 amide bonds. The number of nitrogens with zero attached hydrogens (tertiary/aromatic N) is 1. The summed E-state index contributed by atoms with van der Waals surface area (Å²) in [5.41, 5.74) is 6.24. The van der Waals surface area contributed by atoms with Gasteiger partial charge in [-0.05, 0) is 17.7 Å². The van der Waals surface area contributed by atoms with Gasteiger partial charge in [0, 0.05) is 5.75 Å². The molecule has 0 bridgehead atoms. The predicted molar refractivity (Wildman–Crippen MR) is 66.7 cm³/mol. The summed E-state index contributed by atoms with van der Waals surface area (Å²) in [6, 6.07) is 4.64. The topological polar surface area (TPSA) is 82.9 Å². The number of halogens is 2. The number of amidine groups is 1. The molecule has 0 fully saturated rings. The molecule has 0 spiro atoms. The van der Waals surface area contributed by atoms with Gasteiger partial charge in [-0.2, -0.15) is 13.9 Å². The van der Waals surface area contributed by atoms with Crippen LogP contribution in [0.2, 0.25) is 0 Å². The molecule has 0 radical (unpaired) electrons. The lowest BCUT2D eigenvalue weighted by molar-refractivity contribution is -0.0512. The van der Waals surface area contributed by atoms with Crippen molar-refractivity contribution < 1.29 is 18.3 Å². The highest BCUT2D eigenvalue weighted by molar-refractivity contribution is 8.13. The highest BCUT2D eigenvalue weighted by Gasteiger charge is 2.11. The quantitative estimate of drug-likeness (QED) is 0.370. The SMILES string of the molecule is COc1cc(CSC(N)=NN)ccc1OC(F)F. The van der Waals surface area contributed by atoms with E-state index >= 15 is 0 Å². The Bertz CT molecular complexity index is 430. The molecule has 0 aromatic heterocycles. The number of alkyl halides is 2. The van der Waals surface area contributed by atoms with Crippen molar-refractivity contribution in [2.45, 2.75) is 12.4 Å². The number of hydrogen-bond donors (Lipinski definition) is 2. The van der Waals surface area contributed by atoms with Crippen molar-refractivity contribution in [2.75, 3.05) is 7.11 Å². The molecular weight excluding hydrogens is 264 g/mol. The van der Waals surface area contributed by atoms with Crippen molar-refractivity contribution in [3.05, 3.63) is 23.8 Å². The maximum Gasteiger partial charge on any atom is 0.387 e. The lowest BCUT2D eigenvalue weighted by Crippen LogP contribution is -2.09. The second-order valence-electron chi connectivity index (χ2n) is 3.12. The molecule has 0 aliphatic heterocycles. The average molecular weight is 277 g/mol. The molecule has 18 heavy (non-hydrogen) atoms. The number of benzene rings is 1. The molecule has 5 nitrogen and oxygen atoms in total. The lowest BCUT2D eigenvalue weighted by Gasteiger charge is -2.11. The number of methoxy groups -OCH3 is 1. The van der Waals surface area contributed by atoms with E-state index in [4.69, 9.17) is 16.3 Å². The molecule has 0 aliphatic carbocycles. The summed E-state index contributed by atoms with van der Waals surface area (Å²) in [5.74, 6) is 5.70. The first-order chi connectivity index (χ1) is 8.56. The summed E-state index contributed by atoms with van der Waals surface area (Å²) in [6.07, 6.45) is 0. The van der Waals surface area contributed by atoms with Crippen molar-refractivity contribution in [3.63, 3.8) is 0 Å². The molecule has 0 unspecified atom stereocenters. The maximum atomic E-state index is 12.1. The van der Waals surface area contributed by atoms with Gasteiger partial charge in [0.2, 0.25) is 0 Å². The molecular formula is C10H13F2N3O2S. The Morgan fingerprint density at radius 1 is 1.44 bits per heavy atom. The van der Waals surface area contributed by atoms with Gasteiger partial charge in [0.1, 0.15) is 0 Å². The third-order valence-electron chi connectivity index (χ3n) is 1.96. The van der Waals surface area contributed by atoms with Crippen LogP contribution in [0.3, 0.4) is 0 Å². The minimum Gasteiger partial charge on any atom is -0.493 e. The van der Waals surface area contributed by atoms with Crippen LogP contribution < -0.4 is 21.1 Å². The zero-order chi connectivity index (χ0) is 13.5. The first-order valence-corrected chi connectivity index (χ1v) is 5.83. The van der Waals surface area contributed by atoms with Crippen LogP contribution in [0.15, 0.2) is 23.3 Å². The Morgan fingerprint density at radius 3 is 2.72 bits per heavy atom. The van der Waals surface area contributed by atoms with E-state index in [1.807, 2.05) is 0 Å². The summed E-state index contributed by atoms with van der Waals surface area (Å²) in [7, 11) is 1.38. The fraction of sp³-hybridized carbons (Fsp3) is 0.300. The zero-order valence-electron chi connectivity index (χ0n) is 9.60. The Balaban J connectivity index is 2.78. The third kappa shape index (κ3) is 4.28. The second kappa shape index (κ2) is 6.90. The van der Waals surface area contributed by atoms with Gasteiger partial charge in [-0.25, -0.2) is 0 Å². The monoisotopic (exact) mass is 277 g/mol. The average Bonchev–Trinajstić information content (AvgIpc) is 2.36. The molecule has 1 aromatic rings. The first-order valence-electron chi connectivity index (χ1n) is 4.84.